The van der Waals surface area contributed by atoms with E-state index in [9.17, 15) is 20.0 Å². The van der Waals surface area contributed by atoms with Crippen molar-refractivity contribution in [3.05, 3.63) is 44.9 Å². The normalized spacial score (nSPS) is 14.2. The Balaban J connectivity index is 2.18. The van der Waals surface area contributed by atoms with Gasteiger partial charge in [0, 0.05) is 19.3 Å². The smallest absolute Gasteiger partial charge is 0.376 e. The number of aromatic nitrogens is 2. The van der Waals surface area contributed by atoms with E-state index < -0.39 is 16.2 Å². The first kappa shape index (κ1) is 14.5. The van der Waals surface area contributed by atoms with Crippen molar-refractivity contribution >= 4 is 17.2 Å². The molecular formula is C14H16N4O4. The van der Waals surface area contributed by atoms with Crippen LogP contribution in [-0.4, -0.2) is 39.1 Å². The van der Waals surface area contributed by atoms with E-state index in [0.717, 1.165) is 17.2 Å². The van der Waals surface area contributed by atoms with E-state index in [-0.39, 0.29) is 19.0 Å². The van der Waals surface area contributed by atoms with Gasteiger partial charge in [-0.25, -0.2) is 4.98 Å². The second kappa shape index (κ2) is 5.72. The highest BCUT2D eigenvalue weighted by Gasteiger charge is 2.31. The molecule has 3 rings (SSSR count). The fourth-order valence-electron chi connectivity index (χ4n) is 2.46. The average Bonchev–Trinajstić information content (AvgIpc) is 3.30. The molecule has 0 amide bonds. The Hall–Kier alpha value is -2.48. The number of nitrogens with zero attached hydrogens (tertiary/aromatic N) is 4. The molecule has 2 aromatic heterocycles. The second-order valence-electron chi connectivity index (χ2n) is 5.39. The van der Waals surface area contributed by atoms with Crippen LogP contribution in [0.15, 0.2) is 29.2 Å². The van der Waals surface area contributed by atoms with Crippen LogP contribution >= 0.6 is 0 Å². The summed E-state index contributed by atoms with van der Waals surface area (Å²) in [5.74, 6) is 0.490. The fraction of sp³-hybridized carbons (Fsp3) is 0.429. The first-order valence-corrected chi connectivity index (χ1v) is 7.13. The van der Waals surface area contributed by atoms with Gasteiger partial charge in [0.05, 0.1) is 11.5 Å². The monoisotopic (exact) mass is 304 g/mol. The van der Waals surface area contributed by atoms with Crippen molar-refractivity contribution in [3.8, 4) is 0 Å². The molecule has 1 saturated carbocycles. The minimum absolute atomic E-state index is 0.0437. The summed E-state index contributed by atoms with van der Waals surface area (Å²) < 4.78 is 1.16. The van der Waals surface area contributed by atoms with E-state index >= 15 is 0 Å². The van der Waals surface area contributed by atoms with Gasteiger partial charge in [0.15, 0.2) is 0 Å². The lowest BCUT2D eigenvalue weighted by molar-refractivity contribution is -0.385. The van der Waals surface area contributed by atoms with Crippen molar-refractivity contribution in [1.82, 2.24) is 9.38 Å². The largest absolute Gasteiger partial charge is 0.395 e. The molecule has 1 aliphatic carbocycles. The van der Waals surface area contributed by atoms with E-state index in [1.54, 1.807) is 23.1 Å². The third kappa shape index (κ3) is 2.64. The van der Waals surface area contributed by atoms with Crippen molar-refractivity contribution in [2.24, 2.45) is 5.92 Å². The molecule has 1 fully saturated rings. The maximum Gasteiger partial charge on any atom is 0.376 e. The summed E-state index contributed by atoms with van der Waals surface area (Å²) in [4.78, 5) is 29.0. The van der Waals surface area contributed by atoms with E-state index in [1.165, 1.54) is 6.20 Å². The average molecular weight is 304 g/mol. The summed E-state index contributed by atoms with van der Waals surface area (Å²) in [5.41, 5.74) is -0.894. The first-order chi connectivity index (χ1) is 10.6. The Kier molecular flexibility index (Phi) is 3.76. The minimum Gasteiger partial charge on any atom is -0.395 e. The molecule has 0 saturated heterocycles. The summed E-state index contributed by atoms with van der Waals surface area (Å²) in [7, 11) is 0. The number of anilines is 1. The van der Waals surface area contributed by atoms with E-state index in [2.05, 4.69) is 4.98 Å². The van der Waals surface area contributed by atoms with Crippen LogP contribution in [-0.2, 0) is 0 Å². The molecule has 0 aliphatic heterocycles. The van der Waals surface area contributed by atoms with Crippen LogP contribution in [0, 0.1) is 16.0 Å². The maximum absolute atomic E-state index is 12.4. The van der Waals surface area contributed by atoms with Crippen LogP contribution in [0.25, 0.3) is 5.65 Å². The van der Waals surface area contributed by atoms with Gasteiger partial charge >= 0.3 is 11.2 Å². The Morgan fingerprint density at radius 2 is 2.23 bits per heavy atom. The van der Waals surface area contributed by atoms with Crippen LogP contribution in [0.1, 0.15) is 12.8 Å². The topological polar surface area (TPSA) is 101 Å². The first-order valence-electron chi connectivity index (χ1n) is 7.13. The number of hydrogen-bond donors (Lipinski definition) is 1. The molecule has 2 heterocycles. The lowest BCUT2D eigenvalue weighted by atomic mass is 10.3. The van der Waals surface area contributed by atoms with Crippen molar-refractivity contribution in [1.29, 1.82) is 0 Å². The van der Waals surface area contributed by atoms with Crippen molar-refractivity contribution in [2.75, 3.05) is 24.6 Å². The molecule has 0 aromatic carbocycles. The van der Waals surface area contributed by atoms with Gasteiger partial charge in [-0.3, -0.25) is 19.3 Å². The van der Waals surface area contributed by atoms with E-state index in [1.807, 2.05) is 0 Å². The van der Waals surface area contributed by atoms with Crippen LogP contribution in [0.2, 0.25) is 0 Å². The Morgan fingerprint density at radius 1 is 1.45 bits per heavy atom. The van der Waals surface area contributed by atoms with Crippen molar-refractivity contribution in [2.45, 2.75) is 12.8 Å². The lowest BCUT2D eigenvalue weighted by Gasteiger charge is -2.22. The Labute approximate surface area is 125 Å². The summed E-state index contributed by atoms with van der Waals surface area (Å²) in [6, 6.07) is 4.96. The Bertz CT molecular complexity index is 769. The van der Waals surface area contributed by atoms with Gasteiger partial charge in [-0.2, -0.15) is 0 Å². The molecule has 0 unspecified atom stereocenters. The van der Waals surface area contributed by atoms with Gasteiger partial charge in [-0.05, 0) is 30.9 Å². The van der Waals surface area contributed by atoms with Gasteiger partial charge in [0.2, 0.25) is 5.82 Å². The van der Waals surface area contributed by atoms with Crippen LogP contribution in [0.5, 0.6) is 0 Å². The van der Waals surface area contributed by atoms with Crippen LogP contribution in [0.4, 0.5) is 11.5 Å². The second-order valence-corrected chi connectivity index (χ2v) is 5.39. The highest BCUT2D eigenvalue weighted by Crippen LogP contribution is 2.32. The van der Waals surface area contributed by atoms with Crippen LogP contribution < -0.4 is 10.5 Å². The number of rotatable bonds is 6. The number of pyridine rings is 1. The summed E-state index contributed by atoms with van der Waals surface area (Å²) in [6.07, 6.45) is 3.57. The molecule has 0 spiro atoms. The summed E-state index contributed by atoms with van der Waals surface area (Å²) in [6.45, 7) is 0.628. The molecule has 1 N–H and O–H groups in total. The molecule has 2 aromatic rings. The quantitative estimate of drug-likeness (QED) is 0.626. The molecule has 22 heavy (non-hydrogen) atoms. The van der Waals surface area contributed by atoms with E-state index in [4.69, 9.17) is 0 Å². The molecular weight excluding hydrogens is 288 g/mol. The van der Waals surface area contributed by atoms with E-state index in [0.29, 0.717) is 18.1 Å². The van der Waals surface area contributed by atoms with Gasteiger partial charge in [0.25, 0.3) is 0 Å². The highest BCUT2D eigenvalue weighted by molar-refractivity contribution is 5.61. The zero-order valence-corrected chi connectivity index (χ0v) is 11.9. The molecule has 0 atom stereocenters. The molecule has 0 bridgehead atoms. The fourth-order valence-corrected chi connectivity index (χ4v) is 2.46. The predicted octanol–water partition coefficient (Wildman–Crippen LogP) is 0.811. The number of fused-ring (bicyclic) bond motifs is 1. The lowest BCUT2D eigenvalue weighted by Crippen LogP contribution is -2.33. The highest BCUT2D eigenvalue weighted by atomic mass is 16.6. The maximum atomic E-state index is 12.4. The molecule has 8 heteroatoms. The molecule has 116 valence electrons. The third-order valence-electron chi connectivity index (χ3n) is 3.72. The predicted molar refractivity (Wildman–Crippen MR) is 80.1 cm³/mol. The van der Waals surface area contributed by atoms with Crippen LogP contribution in [0.3, 0.4) is 0 Å². The Morgan fingerprint density at radius 3 is 2.86 bits per heavy atom. The zero-order chi connectivity index (χ0) is 15.7. The third-order valence-corrected chi connectivity index (χ3v) is 3.72. The van der Waals surface area contributed by atoms with Gasteiger partial charge in [-0.1, -0.05) is 6.07 Å². The standard InChI is InChI=1S/C14H16N4O4/c19-8-7-16(9-10-4-5-10)13-12(18(21)22)14(20)17-6-2-1-3-11(17)15-13/h1-3,6,10,19H,4-5,7-9H2. The zero-order valence-electron chi connectivity index (χ0n) is 11.9. The van der Waals surface area contributed by atoms with Gasteiger partial charge in [-0.15, -0.1) is 0 Å². The number of aliphatic hydroxyl groups excluding tert-OH is 1. The molecule has 8 nitrogen and oxygen atoms in total. The summed E-state index contributed by atoms with van der Waals surface area (Å²) in [5, 5.41) is 20.6. The number of aliphatic hydroxyl groups is 1. The summed E-state index contributed by atoms with van der Waals surface area (Å²) >= 11 is 0. The van der Waals surface area contributed by atoms with Crippen molar-refractivity contribution < 1.29 is 10.0 Å². The molecule has 0 radical (unpaired) electrons. The minimum atomic E-state index is -0.704. The van der Waals surface area contributed by atoms with Gasteiger partial charge in [0.1, 0.15) is 5.65 Å². The SMILES string of the molecule is O=c1c([N+](=O)[O-])c(N(CCO)CC2CC2)nc2ccccn12. The van der Waals surface area contributed by atoms with Crippen molar-refractivity contribution in [3.63, 3.8) is 0 Å². The number of nitro groups is 1. The number of hydrogen-bond acceptors (Lipinski definition) is 6. The van der Waals surface area contributed by atoms with Gasteiger partial charge < -0.3 is 10.0 Å². The molecule has 1 aliphatic rings.